The number of hydrogen-bond acceptors (Lipinski definition) is 7. The number of halogens is 2. The second kappa shape index (κ2) is 9.79. The molecule has 0 saturated carbocycles. The molecule has 1 fully saturated rings. The maximum absolute atomic E-state index is 12.8. The molecule has 5 rings (SSSR count). The second-order valence-corrected chi connectivity index (χ2v) is 9.36. The van der Waals surface area contributed by atoms with Crippen molar-refractivity contribution in [3.8, 4) is 5.69 Å². The van der Waals surface area contributed by atoms with Crippen LogP contribution in [-0.4, -0.2) is 62.5 Å². The van der Waals surface area contributed by atoms with Gasteiger partial charge in [-0.15, -0.1) is 0 Å². The molecular weight excluding hydrogens is 487 g/mol. The molecule has 0 spiro atoms. The summed E-state index contributed by atoms with van der Waals surface area (Å²) < 4.78 is 1.11. The number of hydrogen-bond donors (Lipinski definition) is 3. The molecule has 0 aliphatic carbocycles. The molecule has 1 saturated heterocycles. The fraction of sp³-hybridized carbons (Fsp3) is 0.250. The normalized spacial score (nSPS) is 14.9. The molecule has 2 aromatic heterocycles. The van der Waals surface area contributed by atoms with Gasteiger partial charge in [-0.25, -0.2) is 14.3 Å². The van der Waals surface area contributed by atoms with E-state index in [1.54, 1.807) is 18.2 Å². The Morgan fingerprint density at radius 3 is 2.43 bits per heavy atom. The maximum atomic E-state index is 12.8. The Labute approximate surface area is 211 Å². The third-order valence-corrected chi connectivity index (χ3v) is 6.68. The van der Waals surface area contributed by atoms with Crippen molar-refractivity contribution >= 4 is 45.9 Å². The molecule has 0 amide bonds. The number of benzene rings is 2. The van der Waals surface area contributed by atoms with Crippen LogP contribution in [0.1, 0.15) is 5.56 Å². The number of fused-ring (bicyclic) bond motifs is 1. The number of piperazine rings is 1. The lowest BCUT2D eigenvalue weighted by Gasteiger charge is -2.32. The lowest BCUT2D eigenvalue weighted by atomic mass is 10.2. The van der Waals surface area contributed by atoms with Gasteiger partial charge in [0.15, 0.2) is 5.65 Å². The van der Waals surface area contributed by atoms with Crippen LogP contribution in [0, 0.1) is 5.41 Å². The van der Waals surface area contributed by atoms with Crippen LogP contribution in [0.25, 0.3) is 16.7 Å². The van der Waals surface area contributed by atoms with Crippen LogP contribution in [0.5, 0.6) is 0 Å². The van der Waals surface area contributed by atoms with E-state index in [-0.39, 0.29) is 26.9 Å². The predicted octanol–water partition coefficient (Wildman–Crippen LogP) is 3.39. The first-order valence-electron chi connectivity index (χ1n) is 11.2. The van der Waals surface area contributed by atoms with Gasteiger partial charge in [-0.2, -0.15) is 4.98 Å². The molecule has 3 heterocycles. The quantitative estimate of drug-likeness (QED) is 0.380. The van der Waals surface area contributed by atoms with E-state index in [1.807, 2.05) is 12.1 Å². The van der Waals surface area contributed by atoms with Gasteiger partial charge in [0.2, 0.25) is 5.95 Å². The highest BCUT2D eigenvalue weighted by Crippen LogP contribution is 2.26. The third-order valence-electron chi connectivity index (χ3n) is 6.07. The Morgan fingerprint density at radius 2 is 1.74 bits per heavy atom. The molecule has 4 aromatic rings. The minimum atomic E-state index is -0.574. The van der Waals surface area contributed by atoms with E-state index < -0.39 is 5.69 Å². The highest BCUT2D eigenvalue weighted by atomic mass is 35.5. The van der Waals surface area contributed by atoms with Crippen molar-refractivity contribution in [1.82, 2.24) is 29.3 Å². The number of rotatable bonds is 5. The smallest absolute Gasteiger partial charge is 0.324 e. The van der Waals surface area contributed by atoms with Crippen molar-refractivity contribution in [3.05, 3.63) is 80.2 Å². The molecule has 180 valence electrons. The molecule has 2 aromatic carbocycles. The van der Waals surface area contributed by atoms with Crippen LogP contribution in [0.3, 0.4) is 0 Å². The molecule has 0 bridgehead atoms. The number of anilines is 2. The average Bonchev–Trinajstić information content (AvgIpc) is 2.83. The van der Waals surface area contributed by atoms with Crippen molar-refractivity contribution in [1.29, 1.82) is 5.41 Å². The Morgan fingerprint density at radius 1 is 1.06 bits per heavy atom. The van der Waals surface area contributed by atoms with Crippen molar-refractivity contribution in [2.45, 2.75) is 6.54 Å². The lowest BCUT2D eigenvalue weighted by Crippen LogP contribution is -2.43. The summed E-state index contributed by atoms with van der Waals surface area (Å²) in [4.78, 5) is 29.1. The largest absolute Gasteiger partial charge is 0.333 e. The highest BCUT2D eigenvalue weighted by molar-refractivity contribution is 6.37. The summed E-state index contributed by atoms with van der Waals surface area (Å²) >= 11 is 12.5. The summed E-state index contributed by atoms with van der Waals surface area (Å²) in [5.41, 5.74) is 1.86. The summed E-state index contributed by atoms with van der Waals surface area (Å²) in [6, 6.07) is 13.0. The van der Waals surface area contributed by atoms with Gasteiger partial charge < -0.3 is 10.2 Å². The van der Waals surface area contributed by atoms with E-state index in [0.717, 1.165) is 43.0 Å². The first kappa shape index (κ1) is 23.5. The monoisotopic (exact) mass is 510 g/mol. The van der Waals surface area contributed by atoms with Gasteiger partial charge in [0.25, 0.3) is 0 Å². The Hall–Kier alpha value is -3.24. The summed E-state index contributed by atoms with van der Waals surface area (Å²) in [6.07, 6.45) is 1.49. The van der Waals surface area contributed by atoms with E-state index in [4.69, 9.17) is 28.6 Å². The second-order valence-electron chi connectivity index (χ2n) is 8.54. The molecule has 9 nitrogen and oxygen atoms in total. The number of para-hydroxylation sites is 1. The molecule has 1 aliphatic rings. The Bertz CT molecular complexity index is 1470. The van der Waals surface area contributed by atoms with Gasteiger partial charge in [0.1, 0.15) is 5.49 Å². The first-order chi connectivity index (χ1) is 16.9. The van der Waals surface area contributed by atoms with Gasteiger partial charge in [-0.3, -0.25) is 15.3 Å². The van der Waals surface area contributed by atoms with Crippen molar-refractivity contribution in [2.24, 2.45) is 0 Å². The van der Waals surface area contributed by atoms with E-state index in [9.17, 15) is 4.79 Å². The van der Waals surface area contributed by atoms with Crippen LogP contribution in [0.15, 0.2) is 53.5 Å². The van der Waals surface area contributed by atoms with E-state index in [2.05, 4.69) is 49.2 Å². The molecular formula is C24H24Cl2N8O. The number of aromatic nitrogens is 4. The fourth-order valence-corrected chi connectivity index (χ4v) is 4.66. The van der Waals surface area contributed by atoms with E-state index >= 15 is 0 Å². The lowest BCUT2D eigenvalue weighted by molar-refractivity contribution is 0.148. The predicted molar refractivity (Wildman–Crippen MR) is 138 cm³/mol. The van der Waals surface area contributed by atoms with Crippen LogP contribution >= 0.6 is 23.2 Å². The van der Waals surface area contributed by atoms with Crippen molar-refractivity contribution in [2.75, 3.05) is 38.5 Å². The molecule has 0 unspecified atom stereocenters. The SMILES string of the molecule is CN1CCN(Cc2ccc(Nc3ncc4c(=N)n(-c5c(Cl)cccc5Cl)c(=O)[nH]c4n3)cc2)CC1. The Kier molecular flexibility index (Phi) is 6.57. The zero-order valence-corrected chi connectivity index (χ0v) is 20.6. The summed E-state index contributed by atoms with van der Waals surface area (Å²) in [5.74, 6) is 0.313. The standard InChI is InChI=1S/C24H24Cl2N8O/c1-32-9-11-33(12-10-32)14-15-5-7-16(8-6-15)29-23-28-13-17-21(27)34(24(35)31-22(17)30-23)20-18(25)3-2-4-19(20)26/h2-8,13,27H,9-12,14H2,1H3,(H2,28,29,30,31,35). The van der Waals surface area contributed by atoms with Crippen LogP contribution < -0.4 is 16.5 Å². The summed E-state index contributed by atoms with van der Waals surface area (Å²) in [6.45, 7) is 5.24. The maximum Gasteiger partial charge on any atom is 0.333 e. The molecule has 0 radical (unpaired) electrons. The number of aromatic amines is 1. The highest BCUT2D eigenvalue weighted by Gasteiger charge is 2.16. The molecule has 1 aliphatic heterocycles. The molecule has 0 atom stereocenters. The summed E-state index contributed by atoms with van der Waals surface area (Å²) in [5, 5.41) is 12.6. The van der Waals surface area contributed by atoms with Crippen LogP contribution in [-0.2, 0) is 6.54 Å². The zero-order valence-electron chi connectivity index (χ0n) is 19.1. The van der Waals surface area contributed by atoms with Gasteiger partial charge in [-0.1, -0.05) is 41.4 Å². The fourth-order valence-electron chi connectivity index (χ4n) is 4.09. The van der Waals surface area contributed by atoms with Gasteiger partial charge in [0.05, 0.1) is 21.1 Å². The van der Waals surface area contributed by atoms with Crippen LogP contribution in [0.2, 0.25) is 10.0 Å². The number of H-pyrrole nitrogens is 1. The van der Waals surface area contributed by atoms with Crippen molar-refractivity contribution < 1.29 is 0 Å². The number of nitrogens with one attached hydrogen (secondary N) is 3. The van der Waals surface area contributed by atoms with Gasteiger partial charge in [-0.05, 0) is 36.9 Å². The van der Waals surface area contributed by atoms with Crippen molar-refractivity contribution in [3.63, 3.8) is 0 Å². The number of nitrogens with zero attached hydrogens (tertiary/aromatic N) is 5. The van der Waals surface area contributed by atoms with Crippen LogP contribution in [0.4, 0.5) is 11.6 Å². The Balaban J connectivity index is 1.38. The average molecular weight is 511 g/mol. The zero-order chi connectivity index (χ0) is 24.5. The minimum absolute atomic E-state index is 0.112. The van der Waals surface area contributed by atoms with E-state index in [0.29, 0.717) is 11.3 Å². The minimum Gasteiger partial charge on any atom is -0.324 e. The number of likely N-dealkylation sites (N-methyl/N-ethyl adjacent to an activating group) is 1. The molecule has 3 N–H and O–H groups in total. The molecule has 35 heavy (non-hydrogen) atoms. The first-order valence-corrected chi connectivity index (χ1v) is 11.9. The molecule has 11 heteroatoms. The van der Waals surface area contributed by atoms with E-state index in [1.165, 1.54) is 11.8 Å². The third kappa shape index (κ3) is 4.94. The topological polar surface area (TPSA) is 106 Å². The van der Waals surface area contributed by atoms with Gasteiger partial charge in [0, 0.05) is 44.6 Å². The van der Waals surface area contributed by atoms with Gasteiger partial charge >= 0.3 is 5.69 Å². The summed E-state index contributed by atoms with van der Waals surface area (Å²) in [7, 11) is 2.15.